The summed E-state index contributed by atoms with van der Waals surface area (Å²) < 4.78 is 15.8. The van der Waals surface area contributed by atoms with Crippen molar-refractivity contribution in [3.63, 3.8) is 0 Å². The Balaban J connectivity index is 1.62. The van der Waals surface area contributed by atoms with Gasteiger partial charge in [0.05, 0.1) is 18.6 Å². The Morgan fingerprint density at radius 2 is 1.75 bits per heavy atom. The molecule has 0 fully saturated rings. The van der Waals surface area contributed by atoms with Gasteiger partial charge in [-0.2, -0.15) is 0 Å². The number of carbonyl (C=O) groups is 1. The minimum Gasteiger partial charge on any atom is -0.494 e. The molecule has 0 spiro atoms. The molecule has 0 bridgehead atoms. The van der Waals surface area contributed by atoms with E-state index in [4.69, 9.17) is 13.9 Å². The van der Waals surface area contributed by atoms with E-state index < -0.39 is 5.97 Å². The van der Waals surface area contributed by atoms with Gasteiger partial charge in [-0.3, -0.25) is 4.99 Å². The Morgan fingerprint density at radius 3 is 2.39 bits per heavy atom. The number of furan rings is 1. The van der Waals surface area contributed by atoms with Gasteiger partial charge in [-0.25, -0.2) is 4.79 Å². The average Bonchev–Trinajstić information content (AvgIpc) is 3.22. The van der Waals surface area contributed by atoms with Crippen LogP contribution in [0.2, 0.25) is 0 Å². The molecular formula is C23H21NO4. The van der Waals surface area contributed by atoms with Crippen molar-refractivity contribution in [2.75, 3.05) is 6.61 Å². The second-order valence-corrected chi connectivity index (χ2v) is 5.92. The van der Waals surface area contributed by atoms with Crippen LogP contribution in [0.5, 0.6) is 11.5 Å². The van der Waals surface area contributed by atoms with Gasteiger partial charge in [-0.1, -0.05) is 0 Å². The summed E-state index contributed by atoms with van der Waals surface area (Å²) in [6, 6.07) is 18.3. The van der Waals surface area contributed by atoms with Crippen molar-refractivity contribution >= 4 is 23.4 Å². The molecule has 3 aromatic rings. The highest BCUT2D eigenvalue weighted by atomic mass is 16.5. The zero-order valence-electron chi connectivity index (χ0n) is 15.8. The number of ether oxygens (including phenoxy) is 2. The average molecular weight is 375 g/mol. The van der Waals surface area contributed by atoms with Gasteiger partial charge < -0.3 is 13.9 Å². The number of esters is 1. The van der Waals surface area contributed by atoms with Gasteiger partial charge in [-0.15, -0.1) is 0 Å². The van der Waals surface area contributed by atoms with Crippen LogP contribution in [-0.2, 0) is 4.79 Å². The monoisotopic (exact) mass is 375 g/mol. The SMILES string of the molecule is CCOc1ccc(N=C(C)c2ccc(OC(=O)/C=C/c3ccco3)cc2)cc1. The molecule has 1 aromatic heterocycles. The predicted molar refractivity (Wildman–Crippen MR) is 109 cm³/mol. The third kappa shape index (κ3) is 5.45. The Morgan fingerprint density at radius 1 is 1.04 bits per heavy atom. The van der Waals surface area contributed by atoms with Crippen LogP contribution >= 0.6 is 0 Å². The fourth-order valence-corrected chi connectivity index (χ4v) is 2.49. The Hall–Kier alpha value is -3.60. The van der Waals surface area contributed by atoms with Gasteiger partial charge in [0.1, 0.15) is 17.3 Å². The summed E-state index contributed by atoms with van der Waals surface area (Å²) in [7, 11) is 0. The molecule has 28 heavy (non-hydrogen) atoms. The molecule has 0 atom stereocenters. The number of hydrogen-bond acceptors (Lipinski definition) is 5. The van der Waals surface area contributed by atoms with Crippen molar-refractivity contribution in [3.8, 4) is 11.5 Å². The van der Waals surface area contributed by atoms with E-state index in [1.807, 2.05) is 50.2 Å². The molecule has 0 saturated carbocycles. The summed E-state index contributed by atoms with van der Waals surface area (Å²) in [5.41, 5.74) is 2.65. The number of benzene rings is 2. The fraction of sp³-hybridized carbons (Fsp3) is 0.130. The summed E-state index contributed by atoms with van der Waals surface area (Å²) in [5, 5.41) is 0. The highest BCUT2D eigenvalue weighted by Crippen LogP contribution is 2.20. The maximum absolute atomic E-state index is 11.9. The van der Waals surface area contributed by atoms with Crippen molar-refractivity contribution in [3.05, 3.63) is 84.3 Å². The van der Waals surface area contributed by atoms with Gasteiger partial charge in [0.15, 0.2) is 0 Å². The minimum absolute atomic E-state index is 0.465. The molecule has 5 heteroatoms. The molecule has 142 valence electrons. The third-order valence-corrected chi connectivity index (χ3v) is 3.86. The lowest BCUT2D eigenvalue weighted by atomic mass is 10.1. The predicted octanol–water partition coefficient (Wildman–Crippen LogP) is 5.44. The summed E-state index contributed by atoms with van der Waals surface area (Å²) in [6.07, 6.45) is 4.43. The van der Waals surface area contributed by atoms with Crippen molar-refractivity contribution < 1.29 is 18.7 Å². The van der Waals surface area contributed by atoms with Crippen LogP contribution in [0.3, 0.4) is 0 Å². The fourth-order valence-electron chi connectivity index (χ4n) is 2.49. The molecule has 0 N–H and O–H groups in total. The Bertz CT molecular complexity index is 953. The zero-order valence-corrected chi connectivity index (χ0v) is 15.8. The van der Waals surface area contributed by atoms with E-state index in [1.165, 1.54) is 6.08 Å². The molecule has 0 aliphatic carbocycles. The van der Waals surface area contributed by atoms with E-state index in [1.54, 1.807) is 36.6 Å². The van der Waals surface area contributed by atoms with Crippen LogP contribution in [0.4, 0.5) is 5.69 Å². The highest BCUT2D eigenvalue weighted by molar-refractivity contribution is 6.00. The first-order valence-corrected chi connectivity index (χ1v) is 8.96. The lowest BCUT2D eigenvalue weighted by molar-refractivity contribution is -0.128. The van der Waals surface area contributed by atoms with Crippen LogP contribution in [0.25, 0.3) is 6.08 Å². The van der Waals surface area contributed by atoms with Crippen LogP contribution in [0.1, 0.15) is 25.2 Å². The van der Waals surface area contributed by atoms with Gasteiger partial charge >= 0.3 is 5.97 Å². The van der Waals surface area contributed by atoms with E-state index in [2.05, 4.69) is 4.99 Å². The molecule has 0 radical (unpaired) electrons. The molecule has 0 aliphatic heterocycles. The van der Waals surface area contributed by atoms with Crippen molar-refractivity contribution in [2.45, 2.75) is 13.8 Å². The standard InChI is InChI=1S/C23H21NO4/c1-3-26-21-12-8-19(9-13-21)24-17(2)18-6-10-22(11-7-18)28-23(25)15-14-20-5-4-16-27-20/h4-16H,3H2,1-2H3/b15-14+,24-17?. The van der Waals surface area contributed by atoms with E-state index >= 15 is 0 Å². The number of carbonyl (C=O) groups excluding carboxylic acids is 1. The molecule has 3 rings (SSSR count). The van der Waals surface area contributed by atoms with Gasteiger partial charge in [0, 0.05) is 11.8 Å². The largest absolute Gasteiger partial charge is 0.494 e. The topological polar surface area (TPSA) is 61.0 Å². The smallest absolute Gasteiger partial charge is 0.336 e. The third-order valence-electron chi connectivity index (χ3n) is 3.86. The molecule has 0 aliphatic rings. The molecule has 5 nitrogen and oxygen atoms in total. The zero-order chi connectivity index (χ0) is 19.8. The van der Waals surface area contributed by atoms with Crippen LogP contribution in [0.15, 0.2) is 82.4 Å². The van der Waals surface area contributed by atoms with Gasteiger partial charge in [-0.05, 0) is 86.2 Å². The highest BCUT2D eigenvalue weighted by Gasteiger charge is 2.03. The second-order valence-electron chi connectivity index (χ2n) is 5.92. The van der Waals surface area contributed by atoms with Crippen molar-refractivity contribution in [1.29, 1.82) is 0 Å². The Kier molecular flexibility index (Phi) is 6.41. The van der Waals surface area contributed by atoms with Gasteiger partial charge in [0.25, 0.3) is 0 Å². The first-order valence-electron chi connectivity index (χ1n) is 8.96. The van der Waals surface area contributed by atoms with E-state index in [0.717, 1.165) is 22.7 Å². The molecule has 0 amide bonds. The minimum atomic E-state index is -0.469. The Labute approximate surface area is 163 Å². The van der Waals surface area contributed by atoms with E-state index in [-0.39, 0.29) is 0 Å². The normalized spacial score (nSPS) is 11.6. The van der Waals surface area contributed by atoms with Crippen LogP contribution < -0.4 is 9.47 Å². The molecular weight excluding hydrogens is 354 g/mol. The van der Waals surface area contributed by atoms with Gasteiger partial charge in [0.2, 0.25) is 0 Å². The number of nitrogens with zero attached hydrogens (tertiary/aromatic N) is 1. The summed E-state index contributed by atoms with van der Waals surface area (Å²) in [5.74, 6) is 1.41. The maximum Gasteiger partial charge on any atom is 0.336 e. The van der Waals surface area contributed by atoms with E-state index in [9.17, 15) is 4.79 Å². The second kappa shape index (κ2) is 9.37. The van der Waals surface area contributed by atoms with Crippen molar-refractivity contribution in [1.82, 2.24) is 0 Å². The first kappa shape index (κ1) is 19.2. The lowest BCUT2D eigenvalue weighted by Crippen LogP contribution is -2.04. The summed E-state index contributed by atoms with van der Waals surface area (Å²) in [4.78, 5) is 16.5. The maximum atomic E-state index is 11.9. The van der Waals surface area contributed by atoms with Crippen molar-refractivity contribution in [2.24, 2.45) is 4.99 Å². The summed E-state index contributed by atoms with van der Waals surface area (Å²) >= 11 is 0. The quantitative estimate of drug-likeness (QED) is 0.239. The molecule has 0 unspecified atom stereocenters. The number of rotatable bonds is 7. The molecule has 2 aromatic carbocycles. The van der Waals surface area contributed by atoms with Crippen LogP contribution in [-0.4, -0.2) is 18.3 Å². The molecule has 1 heterocycles. The first-order chi connectivity index (χ1) is 13.6. The number of hydrogen-bond donors (Lipinski definition) is 0. The molecule has 0 saturated heterocycles. The number of aliphatic imine (C=N–C) groups is 1. The van der Waals surface area contributed by atoms with E-state index in [0.29, 0.717) is 18.1 Å². The van der Waals surface area contributed by atoms with Crippen LogP contribution in [0, 0.1) is 0 Å². The summed E-state index contributed by atoms with van der Waals surface area (Å²) in [6.45, 7) is 4.52. The lowest BCUT2D eigenvalue weighted by Gasteiger charge is -2.05.